The maximum atomic E-state index is 12.1. The quantitative estimate of drug-likeness (QED) is 0.794. The van der Waals surface area contributed by atoms with Gasteiger partial charge in [-0.2, -0.15) is 0 Å². The summed E-state index contributed by atoms with van der Waals surface area (Å²) in [6.07, 6.45) is 0.418. The Morgan fingerprint density at radius 1 is 1.29 bits per heavy atom. The number of nitrogens with one attached hydrogen (secondary N) is 1. The number of amides is 1. The van der Waals surface area contributed by atoms with E-state index in [2.05, 4.69) is 21.2 Å². The number of aromatic hydroxyl groups is 1. The lowest BCUT2D eigenvalue weighted by Crippen LogP contribution is -2.37. The molecule has 5 heteroatoms. The Morgan fingerprint density at radius 2 is 1.95 bits per heavy atom. The molecule has 2 aromatic rings. The minimum Gasteiger partial charge on any atom is -0.508 e. The van der Waals surface area contributed by atoms with Gasteiger partial charge in [-0.1, -0.05) is 28.1 Å². The fourth-order valence-corrected chi connectivity index (χ4v) is 2.18. The van der Waals surface area contributed by atoms with E-state index in [-0.39, 0.29) is 11.7 Å². The van der Waals surface area contributed by atoms with E-state index >= 15 is 0 Å². The van der Waals surface area contributed by atoms with Crippen LogP contribution in [0.5, 0.6) is 5.75 Å². The standard InChI is InChI=1S/C16H17BrN2O2/c1-10-8-12(4-7-14(10)17)19-16(21)15(18)9-11-2-5-13(20)6-3-11/h2-8,15,20H,9,18H2,1H3,(H,19,21). The number of phenols is 1. The molecule has 0 spiro atoms. The number of nitrogens with two attached hydrogens (primary N) is 1. The zero-order chi connectivity index (χ0) is 15.4. The molecule has 0 aliphatic heterocycles. The molecular weight excluding hydrogens is 332 g/mol. The predicted molar refractivity (Wildman–Crippen MR) is 87.3 cm³/mol. The number of rotatable bonds is 4. The lowest BCUT2D eigenvalue weighted by atomic mass is 10.1. The minimum absolute atomic E-state index is 0.196. The number of halogens is 1. The van der Waals surface area contributed by atoms with Crippen molar-refractivity contribution < 1.29 is 9.90 Å². The Balaban J connectivity index is 1.98. The summed E-state index contributed by atoms with van der Waals surface area (Å²) in [5, 5.41) is 12.0. The van der Waals surface area contributed by atoms with Crippen LogP contribution in [0, 0.1) is 6.92 Å². The maximum absolute atomic E-state index is 12.1. The Hall–Kier alpha value is -1.85. The van der Waals surface area contributed by atoms with E-state index < -0.39 is 6.04 Å². The van der Waals surface area contributed by atoms with Gasteiger partial charge in [0.25, 0.3) is 0 Å². The number of benzene rings is 2. The number of hydrogen-bond donors (Lipinski definition) is 3. The smallest absolute Gasteiger partial charge is 0.241 e. The van der Waals surface area contributed by atoms with Crippen molar-refractivity contribution in [3.8, 4) is 5.75 Å². The Bertz CT molecular complexity index is 641. The molecule has 4 N–H and O–H groups in total. The number of phenolic OH excluding ortho intramolecular Hbond substituents is 1. The third-order valence-electron chi connectivity index (χ3n) is 3.15. The largest absolute Gasteiger partial charge is 0.508 e. The van der Waals surface area contributed by atoms with E-state index in [4.69, 9.17) is 5.73 Å². The van der Waals surface area contributed by atoms with Crippen LogP contribution in [0.2, 0.25) is 0 Å². The molecule has 0 aromatic heterocycles. The van der Waals surface area contributed by atoms with E-state index in [0.29, 0.717) is 6.42 Å². The Morgan fingerprint density at radius 3 is 2.57 bits per heavy atom. The topological polar surface area (TPSA) is 75.4 Å². The highest BCUT2D eigenvalue weighted by molar-refractivity contribution is 9.10. The SMILES string of the molecule is Cc1cc(NC(=O)C(N)Cc2ccc(O)cc2)ccc1Br. The van der Waals surface area contributed by atoms with Crippen LogP contribution in [0.1, 0.15) is 11.1 Å². The van der Waals surface area contributed by atoms with Crippen molar-refractivity contribution in [1.29, 1.82) is 0 Å². The van der Waals surface area contributed by atoms with E-state index in [0.717, 1.165) is 21.3 Å². The first-order chi connectivity index (χ1) is 9.95. The summed E-state index contributed by atoms with van der Waals surface area (Å²) in [5.41, 5.74) is 8.59. The fraction of sp³-hybridized carbons (Fsp3) is 0.188. The molecule has 2 rings (SSSR count). The summed E-state index contributed by atoms with van der Waals surface area (Å²) in [5.74, 6) is -0.0353. The highest BCUT2D eigenvalue weighted by atomic mass is 79.9. The number of carbonyl (C=O) groups excluding carboxylic acids is 1. The van der Waals surface area contributed by atoms with Gasteiger partial charge in [0.1, 0.15) is 5.75 Å². The van der Waals surface area contributed by atoms with Crippen molar-refractivity contribution in [2.45, 2.75) is 19.4 Å². The van der Waals surface area contributed by atoms with Gasteiger partial charge in [-0.05, 0) is 54.8 Å². The van der Waals surface area contributed by atoms with Crippen molar-refractivity contribution in [2.24, 2.45) is 5.73 Å². The van der Waals surface area contributed by atoms with Crippen molar-refractivity contribution >= 4 is 27.5 Å². The van der Waals surface area contributed by atoms with Crippen LogP contribution in [0.3, 0.4) is 0 Å². The van der Waals surface area contributed by atoms with Gasteiger partial charge in [-0.25, -0.2) is 0 Å². The summed E-state index contributed by atoms with van der Waals surface area (Å²) >= 11 is 3.42. The van der Waals surface area contributed by atoms with E-state index in [1.165, 1.54) is 0 Å². The molecule has 0 heterocycles. The first-order valence-electron chi connectivity index (χ1n) is 6.56. The molecule has 0 fully saturated rings. The molecule has 4 nitrogen and oxygen atoms in total. The molecular formula is C16H17BrN2O2. The lowest BCUT2D eigenvalue weighted by molar-refractivity contribution is -0.117. The van der Waals surface area contributed by atoms with Gasteiger partial charge >= 0.3 is 0 Å². The van der Waals surface area contributed by atoms with Crippen LogP contribution < -0.4 is 11.1 Å². The van der Waals surface area contributed by atoms with Gasteiger partial charge < -0.3 is 16.2 Å². The Labute approximate surface area is 132 Å². The van der Waals surface area contributed by atoms with Crippen molar-refractivity contribution in [1.82, 2.24) is 0 Å². The van der Waals surface area contributed by atoms with Crippen LogP contribution in [-0.2, 0) is 11.2 Å². The molecule has 0 aliphatic rings. The summed E-state index contributed by atoms with van der Waals surface area (Å²) in [4.78, 5) is 12.1. The summed E-state index contributed by atoms with van der Waals surface area (Å²) in [7, 11) is 0. The second-order valence-corrected chi connectivity index (χ2v) is 5.78. The first kappa shape index (κ1) is 15.5. The molecule has 2 aromatic carbocycles. The van der Waals surface area contributed by atoms with Gasteiger partial charge in [0, 0.05) is 10.2 Å². The second kappa shape index (κ2) is 6.74. The van der Waals surface area contributed by atoms with Crippen molar-refractivity contribution in [3.05, 3.63) is 58.1 Å². The van der Waals surface area contributed by atoms with Crippen LogP contribution in [0.4, 0.5) is 5.69 Å². The molecule has 0 radical (unpaired) electrons. The van der Waals surface area contributed by atoms with Crippen LogP contribution in [-0.4, -0.2) is 17.1 Å². The van der Waals surface area contributed by atoms with Gasteiger partial charge in [0.05, 0.1) is 6.04 Å². The average molecular weight is 349 g/mol. The second-order valence-electron chi connectivity index (χ2n) is 4.93. The number of anilines is 1. The monoisotopic (exact) mass is 348 g/mol. The zero-order valence-electron chi connectivity index (χ0n) is 11.6. The first-order valence-corrected chi connectivity index (χ1v) is 7.35. The zero-order valence-corrected chi connectivity index (χ0v) is 13.2. The normalized spacial score (nSPS) is 12.0. The van der Waals surface area contributed by atoms with Crippen LogP contribution in [0.15, 0.2) is 46.9 Å². The molecule has 0 aliphatic carbocycles. The van der Waals surface area contributed by atoms with Crippen LogP contribution >= 0.6 is 15.9 Å². The summed E-state index contributed by atoms with van der Waals surface area (Å²) in [6.45, 7) is 1.95. The van der Waals surface area contributed by atoms with Gasteiger partial charge in [-0.3, -0.25) is 4.79 Å². The molecule has 0 saturated carbocycles. The molecule has 1 unspecified atom stereocenters. The van der Waals surface area contributed by atoms with Gasteiger partial charge in [0.2, 0.25) is 5.91 Å². The van der Waals surface area contributed by atoms with E-state index in [1.807, 2.05) is 25.1 Å². The summed E-state index contributed by atoms with van der Waals surface area (Å²) in [6, 6.07) is 11.6. The number of aryl methyl sites for hydroxylation is 1. The molecule has 0 saturated heterocycles. The van der Waals surface area contributed by atoms with Gasteiger partial charge in [0.15, 0.2) is 0 Å². The third-order valence-corrected chi connectivity index (χ3v) is 4.04. The molecule has 1 amide bonds. The minimum atomic E-state index is -0.640. The summed E-state index contributed by atoms with van der Waals surface area (Å²) < 4.78 is 0.994. The lowest BCUT2D eigenvalue weighted by Gasteiger charge is -2.13. The fourth-order valence-electron chi connectivity index (χ4n) is 1.94. The average Bonchev–Trinajstić information content (AvgIpc) is 2.45. The molecule has 110 valence electrons. The number of hydrogen-bond acceptors (Lipinski definition) is 3. The van der Waals surface area contributed by atoms with Crippen molar-refractivity contribution in [2.75, 3.05) is 5.32 Å². The number of carbonyl (C=O) groups is 1. The van der Waals surface area contributed by atoms with E-state index in [9.17, 15) is 9.90 Å². The third kappa shape index (κ3) is 4.31. The molecule has 21 heavy (non-hydrogen) atoms. The van der Waals surface area contributed by atoms with E-state index in [1.54, 1.807) is 24.3 Å². The molecule has 0 bridgehead atoms. The van der Waals surface area contributed by atoms with Crippen LogP contribution in [0.25, 0.3) is 0 Å². The van der Waals surface area contributed by atoms with Gasteiger partial charge in [-0.15, -0.1) is 0 Å². The maximum Gasteiger partial charge on any atom is 0.241 e. The Kier molecular flexibility index (Phi) is 4.98. The molecule has 1 atom stereocenters. The van der Waals surface area contributed by atoms with Crippen molar-refractivity contribution in [3.63, 3.8) is 0 Å². The highest BCUT2D eigenvalue weighted by Crippen LogP contribution is 2.20. The predicted octanol–water partition coefficient (Wildman–Crippen LogP) is 2.97. The highest BCUT2D eigenvalue weighted by Gasteiger charge is 2.14.